The number of likely N-dealkylation sites (N-methyl/N-ethyl adjacent to an activating group) is 1. The third-order valence-electron chi connectivity index (χ3n) is 3.86. The fourth-order valence-corrected chi connectivity index (χ4v) is 3.43. The SMILES string of the molecule is CN(C(=O)CN1CCC(O)CC1)c1nc2ccccc2s1. The zero-order valence-electron chi connectivity index (χ0n) is 12.0. The van der Waals surface area contributed by atoms with Crippen molar-refractivity contribution in [3.8, 4) is 0 Å². The maximum Gasteiger partial charge on any atom is 0.242 e. The largest absolute Gasteiger partial charge is 0.393 e. The van der Waals surface area contributed by atoms with Gasteiger partial charge in [-0.25, -0.2) is 4.98 Å². The van der Waals surface area contributed by atoms with E-state index in [2.05, 4.69) is 9.88 Å². The number of nitrogens with zero attached hydrogens (tertiary/aromatic N) is 3. The average molecular weight is 305 g/mol. The Bertz CT molecular complexity index is 602. The van der Waals surface area contributed by atoms with Gasteiger partial charge in [0.05, 0.1) is 22.9 Å². The van der Waals surface area contributed by atoms with E-state index in [4.69, 9.17) is 0 Å². The number of para-hydroxylation sites is 1. The number of benzene rings is 1. The molecule has 1 aromatic heterocycles. The number of carbonyl (C=O) groups excluding carboxylic acids is 1. The van der Waals surface area contributed by atoms with Gasteiger partial charge in [-0.05, 0) is 25.0 Å². The van der Waals surface area contributed by atoms with Crippen molar-refractivity contribution in [1.29, 1.82) is 0 Å². The number of aliphatic hydroxyl groups is 1. The third kappa shape index (κ3) is 3.23. The summed E-state index contributed by atoms with van der Waals surface area (Å²) in [6.07, 6.45) is 1.29. The summed E-state index contributed by atoms with van der Waals surface area (Å²) in [7, 11) is 1.78. The lowest BCUT2D eigenvalue weighted by Crippen LogP contribution is -2.43. The zero-order valence-corrected chi connectivity index (χ0v) is 12.8. The van der Waals surface area contributed by atoms with Crippen molar-refractivity contribution in [2.24, 2.45) is 0 Å². The smallest absolute Gasteiger partial charge is 0.242 e. The first kappa shape index (κ1) is 14.4. The highest BCUT2D eigenvalue weighted by atomic mass is 32.1. The first-order valence-corrected chi connectivity index (χ1v) is 7.97. The first-order valence-electron chi connectivity index (χ1n) is 7.16. The monoisotopic (exact) mass is 305 g/mol. The summed E-state index contributed by atoms with van der Waals surface area (Å²) in [4.78, 5) is 20.6. The molecule has 0 radical (unpaired) electrons. The molecule has 1 fully saturated rings. The van der Waals surface area contributed by atoms with E-state index in [9.17, 15) is 9.90 Å². The molecule has 1 amide bonds. The molecule has 1 N–H and O–H groups in total. The van der Waals surface area contributed by atoms with Crippen LogP contribution in [0.3, 0.4) is 0 Å². The summed E-state index contributed by atoms with van der Waals surface area (Å²) in [6, 6.07) is 7.90. The van der Waals surface area contributed by atoms with E-state index in [0.717, 1.165) is 41.3 Å². The van der Waals surface area contributed by atoms with E-state index in [1.807, 2.05) is 24.3 Å². The highest BCUT2D eigenvalue weighted by Gasteiger charge is 2.22. The topological polar surface area (TPSA) is 56.7 Å². The molecule has 1 aliphatic heterocycles. The van der Waals surface area contributed by atoms with Gasteiger partial charge in [0.1, 0.15) is 0 Å². The predicted molar refractivity (Wildman–Crippen MR) is 84.7 cm³/mol. The third-order valence-corrected chi connectivity index (χ3v) is 4.97. The fourth-order valence-electron chi connectivity index (χ4n) is 2.48. The van der Waals surface area contributed by atoms with E-state index in [1.165, 1.54) is 11.3 Å². The molecule has 0 aliphatic carbocycles. The van der Waals surface area contributed by atoms with E-state index in [0.29, 0.717) is 6.54 Å². The second kappa shape index (κ2) is 6.09. The molecule has 1 aromatic carbocycles. The quantitative estimate of drug-likeness (QED) is 0.938. The maximum atomic E-state index is 12.4. The lowest BCUT2D eigenvalue weighted by atomic mass is 10.1. The lowest BCUT2D eigenvalue weighted by molar-refractivity contribution is -0.120. The molecule has 2 heterocycles. The molecule has 112 valence electrons. The van der Waals surface area contributed by atoms with Crippen LogP contribution in [-0.2, 0) is 4.79 Å². The van der Waals surface area contributed by atoms with Crippen LogP contribution in [0.1, 0.15) is 12.8 Å². The van der Waals surface area contributed by atoms with Gasteiger partial charge >= 0.3 is 0 Å². The minimum absolute atomic E-state index is 0.0467. The van der Waals surface area contributed by atoms with Crippen molar-refractivity contribution in [2.75, 3.05) is 31.6 Å². The van der Waals surface area contributed by atoms with Crippen LogP contribution in [-0.4, -0.2) is 53.7 Å². The molecule has 0 spiro atoms. The molecule has 3 rings (SSSR count). The number of thiazole rings is 1. The molecule has 1 aliphatic rings. The molecule has 0 atom stereocenters. The standard InChI is InChI=1S/C15H19N3O2S/c1-17(14(20)10-18-8-6-11(19)7-9-18)15-16-12-4-2-3-5-13(12)21-15/h2-5,11,19H,6-10H2,1H3. The fraction of sp³-hybridized carbons (Fsp3) is 0.467. The van der Waals surface area contributed by atoms with Gasteiger partial charge in [0.15, 0.2) is 5.13 Å². The van der Waals surface area contributed by atoms with Crippen LogP contribution >= 0.6 is 11.3 Å². The van der Waals surface area contributed by atoms with Crippen LogP contribution < -0.4 is 4.90 Å². The zero-order chi connectivity index (χ0) is 14.8. The Labute approximate surface area is 127 Å². The summed E-state index contributed by atoms with van der Waals surface area (Å²) in [5.74, 6) is 0.0467. The highest BCUT2D eigenvalue weighted by molar-refractivity contribution is 7.22. The van der Waals surface area contributed by atoms with Crippen LogP contribution in [0.2, 0.25) is 0 Å². The number of likely N-dealkylation sites (tertiary alicyclic amines) is 1. The van der Waals surface area contributed by atoms with Crippen LogP contribution in [0.4, 0.5) is 5.13 Å². The Morgan fingerprint density at radius 1 is 1.43 bits per heavy atom. The maximum absolute atomic E-state index is 12.4. The van der Waals surface area contributed by atoms with Gasteiger partial charge in [0.2, 0.25) is 5.91 Å². The Hall–Kier alpha value is -1.50. The number of hydrogen-bond acceptors (Lipinski definition) is 5. The number of amides is 1. The number of hydrogen-bond donors (Lipinski definition) is 1. The minimum atomic E-state index is -0.210. The van der Waals surface area contributed by atoms with Gasteiger partial charge in [-0.1, -0.05) is 23.5 Å². The average Bonchev–Trinajstić information content (AvgIpc) is 2.92. The summed E-state index contributed by atoms with van der Waals surface area (Å²) in [5.41, 5.74) is 0.929. The van der Waals surface area contributed by atoms with E-state index < -0.39 is 0 Å². The molecule has 2 aromatic rings. The molecular formula is C15H19N3O2S. The molecule has 1 saturated heterocycles. The van der Waals surface area contributed by atoms with Crippen molar-refractivity contribution in [2.45, 2.75) is 18.9 Å². The van der Waals surface area contributed by atoms with Gasteiger partial charge in [-0.3, -0.25) is 14.6 Å². The summed E-state index contributed by atoms with van der Waals surface area (Å²) < 4.78 is 1.09. The second-order valence-corrected chi connectivity index (χ2v) is 6.43. The number of fused-ring (bicyclic) bond motifs is 1. The minimum Gasteiger partial charge on any atom is -0.393 e. The van der Waals surface area contributed by atoms with Crippen molar-refractivity contribution in [3.63, 3.8) is 0 Å². The number of rotatable bonds is 3. The number of piperidine rings is 1. The van der Waals surface area contributed by atoms with Crippen LogP contribution in [0.15, 0.2) is 24.3 Å². The van der Waals surface area contributed by atoms with Crippen LogP contribution in [0.5, 0.6) is 0 Å². The number of aromatic nitrogens is 1. The van der Waals surface area contributed by atoms with E-state index in [-0.39, 0.29) is 12.0 Å². The molecule has 5 nitrogen and oxygen atoms in total. The van der Waals surface area contributed by atoms with Gasteiger partial charge in [0, 0.05) is 20.1 Å². The number of aliphatic hydroxyl groups excluding tert-OH is 1. The lowest BCUT2D eigenvalue weighted by Gasteiger charge is -2.29. The molecule has 6 heteroatoms. The van der Waals surface area contributed by atoms with E-state index in [1.54, 1.807) is 11.9 Å². The molecule has 0 bridgehead atoms. The molecule has 21 heavy (non-hydrogen) atoms. The van der Waals surface area contributed by atoms with Gasteiger partial charge < -0.3 is 5.11 Å². The van der Waals surface area contributed by atoms with Gasteiger partial charge in [-0.15, -0.1) is 0 Å². The molecule has 0 unspecified atom stereocenters. The van der Waals surface area contributed by atoms with Gasteiger partial charge in [-0.2, -0.15) is 0 Å². The molecule has 0 saturated carbocycles. The van der Waals surface area contributed by atoms with Crippen LogP contribution in [0.25, 0.3) is 10.2 Å². The summed E-state index contributed by atoms with van der Waals surface area (Å²) in [6.45, 7) is 1.94. The Morgan fingerprint density at radius 3 is 2.86 bits per heavy atom. The Morgan fingerprint density at radius 2 is 2.14 bits per heavy atom. The van der Waals surface area contributed by atoms with Crippen molar-refractivity contribution < 1.29 is 9.90 Å². The van der Waals surface area contributed by atoms with Crippen molar-refractivity contribution in [1.82, 2.24) is 9.88 Å². The van der Waals surface area contributed by atoms with E-state index >= 15 is 0 Å². The molecular weight excluding hydrogens is 286 g/mol. The number of carbonyl (C=O) groups is 1. The summed E-state index contributed by atoms with van der Waals surface area (Å²) >= 11 is 1.53. The van der Waals surface area contributed by atoms with Crippen LogP contribution in [0, 0.1) is 0 Å². The summed E-state index contributed by atoms with van der Waals surface area (Å²) in [5, 5.41) is 10.2. The van der Waals surface area contributed by atoms with Crippen molar-refractivity contribution >= 4 is 32.6 Å². The Balaban J connectivity index is 1.66. The highest BCUT2D eigenvalue weighted by Crippen LogP contribution is 2.27. The first-order chi connectivity index (χ1) is 10.1. The van der Waals surface area contributed by atoms with Crippen molar-refractivity contribution in [3.05, 3.63) is 24.3 Å². The second-order valence-electron chi connectivity index (χ2n) is 5.42. The normalized spacial score (nSPS) is 17.2. The number of anilines is 1. The van der Waals surface area contributed by atoms with Gasteiger partial charge in [0.25, 0.3) is 0 Å². The Kier molecular flexibility index (Phi) is 4.19. The predicted octanol–water partition coefficient (Wildman–Crippen LogP) is 1.72.